The van der Waals surface area contributed by atoms with E-state index in [9.17, 15) is 33.2 Å². The third-order valence-corrected chi connectivity index (χ3v) is 7.85. The first-order chi connectivity index (χ1) is 16.5. The molecule has 0 aliphatic carbocycles. The van der Waals surface area contributed by atoms with E-state index in [1.165, 1.54) is 43.5 Å². The van der Waals surface area contributed by atoms with E-state index in [2.05, 4.69) is 0 Å². The Bertz CT molecular complexity index is 1260. The first-order valence-electron chi connectivity index (χ1n) is 10.9. The van der Waals surface area contributed by atoms with Crippen LogP contribution in [0.5, 0.6) is 11.5 Å². The standard InChI is InChI=1S/C23H26N2O9S/c1-4-17(18-9-7-15(25(29)30)13-21(18)33-3)23(28)34-20-10-8-16(12-14(20)2)35(31,32)24-11-5-6-19(24)22(26)27/h7-10,12-13,17,19H,4-6,11H2,1-3H3,(H,26,27)/t17?,19-/m0/s1. The first kappa shape index (κ1) is 26.1. The van der Waals surface area contributed by atoms with E-state index >= 15 is 0 Å². The monoisotopic (exact) mass is 506 g/mol. The van der Waals surface area contributed by atoms with Gasteiger partial charge in [0.1, 0.15) is 17.5 Å². The number of aliphatic carboxylic acids is 1. The van der Waals surface area contributed by atoms with Crippen molar-refractivity contribution in [3.8, 4) is 11.5 Å². The van der Waals surface area contributed by atoms with Crippen LogP contribution >= 0.6 is 0 Å². The van der Waals surface area contributed by atoms with Gasteiger partial charge in [0.25, 0.3) is 5.69 Å². The van der Waals surface area contributed by atoms with Crippen molar-refractivity contribution >= 4 is 27.6 Å². The molecule has 0 bridgehead atoms. The number of methoxy groups -OCH3 is 1. The van der Waals surface area contributed by atoms with E-state index in [1.54, 1.807) is 13.8 Å². The lowest BCUT2D eigenvalue weighted by molar-refractivity contribution is -0.384. The number of carbonyl (C=O) groups is 2. The first-order valence-corrected chi connectivity index (χ1v) is 12.3. The van der Waals surface area contributed by atoms with Crippen LogP contribution in [0.1, 0.15) is 43.2 Å². The Morgan fingerprint density at radius 2 is 1.94 bits per heavy atom. The van der Waals surface area contributed by atoms with Gasteiger partial charge in [0.15, 0.2) is 0 Å². The number of sulfonamides is 1. The summed E-state index contributed by atoms with van der Waals surface area (Å²) in [6, 6.07) is 6.81. The fourth-order valence-electron chi connectivity index (χ4n) is 4.10. The highest BCUT2D eigenvalue weighted by Crippen LogP contribution is 2.34. The second kappa shape index (κ2) is 10.4. The summed E-state index contributed by atoms with van der Waals surface area (Å²) in [5, 5.41) is 20.4. The Balaban J connectivity index is 1.85. The Kier molecular flexibility index (Phi) is 7.76. The molecule has 0 radical (unpaired) electrons. The fourth-order valence-corrected chi connectivity index (χ4v) is 5.84. The predicted octanol–water partition coefficient (Wildman–Crippen LogP) is 3.25. The van der Waals surface area contributed by atoms with E-state index in [1.807, 2.05) is 0 Å². The Hall–Kier alpha value is -3.51. The molecular formula is C23H26N2O9S. The lowest BCUT2D eigenvalue weighted by atomic mass is 9.95. The largest absolute Gasteiger partial charge is 0.496 e. The van der Waals surface area contributed by atoms with Crippen LogP contribution in [0.2, 0.25) is 0 Å². The number of benzene rings is 2. The number of hydrogen-bond acceptors (Lipinski definition) is 8. The summed E-state index contributed by atoms with van der Waals surface area (Å²) >= 11 is 0. The van der Waals surface area contributed by atoms with Crippen molar-refractivity contribution in [2.75, 3.05) is 13.7 Å². The van der Waals surface area contributed by atoms with Crippen molar-refractivity contribution in [1.29, 1.82) is 0 Å². The molecule has 3 rings (SSSR count). The normalized spacial score (nSPS) is 17.1. The molecule has 0 spiro atoms. The van der Waals surface area contributed by atoms with Gasteiger partial charge < -0.3 is 14.6 Å². The van der Waals surface area contributed by atoms with Gasteiger partial charge in [-0.15, -0.1) is 0 Å². The summed E-state index contributed by atoms with van der Waals surface area (Å²) in [7, 11) is -2.70. The molecule has 1 unspecified atom stereocenters. The van der Waals surface area contributed by atoms with E-state index in [0.29, 0.717) is 24.0 Å². The van der Waals surface area contributed by atoms with E-state index in [-0.39, 0.29) is 35.0 Å². The fraction of sp³-hybridized carbons (Fsp3) is 0.391. The smallest absolute Gasteiger partial charge is 0.322 e. The van der Waals surface area contributed by atoms with Crippen LogP contribution in [0.25, 0.3) is 0 Å². The van der Waals surface area contributed by atoms with Crippen LogP contribution in [0.15, 0.2) is 41.3 Å². The van der Waals surface area contributed by atoms with Crippen LogP contribution in [0.4, 0.5) is 5.69 Å². The summed E-state index contributed by atoms with van der Waals surface area (Å²) in [5.74, 6) is -2.29. The lowest BCUT2D eigenvalue weighted by Crippen LogP contribution is -2.40. The molecule has 35 heavy (non-hydrogen) atoms. The summed E-state index contributed by atoms with van der Waals surface area (Å²) in [4.78, 5) is 34.8. The lowest BCUT2D eigenvalue weighted by Gasteiger charge is -2.22. The zero-order valence-corrected chi connectivity index (χ0v) is 20.3. The maximum absolute atomic E-state index is 13.0. The number of carbonyl (C=O) groups excluding carboxylic acids is 1. The zero-order chi connectivity index (χ0) is 25.9. The Morgan fingerprint density at radius 3 is 2.51 bits per heavy atom. The van der Waals surface area contributed by atoms with E-state index < -0.39 is 38.8 Å². The van der Waals surface area contributed by atoms with Gasteiger partial charge in [-0.05, 0) is 56.0 Å². The van der Waals surface area contributed by atoms with Crippen molar-refractivity contribution in [2.24, 2.45) is 0 Å². The average molecular weight is 507 g/mol. The van der Waals surface area contributed by atoms with Crippen molar-refractivity contribution in [2.45, 2.75) is 50.0 Å². The van der Waals surface area contributed by atoms with Crippen LogP contribution in [0, 0.1) is 17.0 Å². The van der Waals surface area contributed by atoms with Gasteiger partial charge in [0.2, 0.25) is 10.0 Å². The highest BCUT2D eigenvalue weighted by molar-refractivity contribution is 7.89. The number of hydrogen-bond donors (Lipinski definition) is 1. The minimum atomic E-state index is -4.04. The summed E-state index contributed by atoms with van der Waals surface area (Å²) in [6.07, 6.45) is 1.02. The minimum absolute atomic E-state index is 0.0907. The molecule has 2 aromatic carbocycles. The molecule has 1 N–H and O–H groups in total. The third-order valence-electron chi connectivity index (χ3n) is 5.95. The number of carboxylic acids is 1. The quantitative estimate of drug-likeness (QED) is 0.234. The van der Waals surface area contributed by atoms with Gasteiger partial charge in [-0.3, -0.25) is 19.7 Å². The van der Waals surface area contributed by atoms with Crippen molar-refractivity contribution in [3.63, 3.8) is 0 Å². The maximum Gasteiger partial charge on any atom is 0.322 e. The average Bonchev–Trinajstić information content (AvgIpc) is 3.32. The molecule has 1 heterocycles. The maximum atomic E-state index is 13.0. The molecule has 0 amide bonds. The van der Waals surface area contributed by atoms with Gasteiger partial charge in [-0.25, -0.2) is 8.42 Å². The highest BCUT2D eigenvalue weighted by Gasteiger charge is 2.39. The van der Waals surface area contributed by atoms with Gasteiger partial charge in [-0.2, -0.15) is 4.31 Å². The number of nitrogens with zero attached hydrogens (tertiary/aromatic N) is 2. The number of rotatable bonds is 9. The van der Waals surface area contributed by atoms with Gasteiger partial charge in [0.05, 0.1) is 28.9 Å². The predicted molar refractivity (Wildman–Crippen MR) is 124 cm³/mol. The summed E-state index contributed by atoms with van der Waals surface area (Å²) in [6.45, 7) is 3.45. The SMILES string of the molecule is CCC(C(=O)Oc1ccc(S(=O)(=O)N2CCC[C@H]2C(=O)O)cc1C)c1ccc([N+](=O)[O-])cc1OC. The number of non-ortho nitro benzene ring substituents is 1. The highest BCUT2D eigenvalue weighted by atomic mass is 32.2. The van der Waals surface area contributed by atoms with Crippen molar-refractivity contribution < 1.29 is 37.5 Å². The molecule has 11 nitrogen and oxygen atoms in total. The number of aryl methyl sites for hydroxylation is 1. The molecule has 1 aliphatic rings. The molecule has 2 aromatic rings. The number of ether oxygens (including phenoxy) is 2. The number of nitro groups is 1. The molecule has 188 valence electrons. The van der Waals surface area contributed by atoms with Crippen LogP contribution < -0.4 is 9.47 Å². The molecule has 0 saturated carbocycles. The Morgan fingerprint density at radius 1 is 1.23 bits per heavy atom. The summed E-state index contributed by atoms with van der Waals surface area (Å²) < 4.78 is 37.8. The number of carboxylic acid groups (broad SMARTS) is 1. The molecule has 1 aliphatic heterocycles. The third kappa shape index (κ3) is 5.28. The second-order valence-corrected chi connectivity index (χ2v) is 10.00. The van der Waals surface area contributed by atoms with E-state index in [4.69, 9.17) is 9.47 Å². The molecule has 1 saturated heterocycles. The topological polar surface area (TPSA) is 153 Å². The summed E-state index contributed by atoms with van der Waals surface area (Å²) in [5.41, 5.74) is 0.622. The minimum Gasteiger partial charge on any atom is -0.496 e. The molecular weight excluding hydrogens is 480 g/mol. The van der Waals surface area contributed by atoms with Gasteiger partial charge in [0, 0.05) is 18.2 Å². The van der Waals surface area contributed by atoms with Gasteiger partial charge >= 0.3 is 11.9 Å². The Labute approximate surface area is 202 Å². The second-order valence-electron chi connectivity index (χ2n) is 8.10. The van der Waals surface area contributed by atoms with Gasteiger partial charge in [-0.1, -0.05) is 6.92 Å². The zero-order valence-electron chi connectivity index (χ0n) is 19.5. The molecule has 12 heteroatoms. The van der Waals surface area contributed by atoms with Crippen LogP contribution in [-0.2, 0) is 19.6 Å². The van der Waals surface area contributed by atoms with Crippen molar-refractivity contribution in [3.05, 3.63) is 57.6 Å². The van der Waals surface area contributed by atoms with Crippen LogP contribution in [-0.4, -0.2) is 54.4 Å². The number of nitro benzene ring substituents is 1. The van der Waals surface area contributed by atoms with Crippen molar-refractivity contribution in [1.82, 2.24) is 4.31 Å². The molecule has 0 aromatic heterocycles. The van der Waals surface area contributed by atoms with E-state index in [0.717, 1.165) is 4.31 Å². The van der Waals surface area contributed by atoms with Crippen LogP contribution in [0.3, 0.4) is 0 Å². The number of esters is 1. The molecule has 1 fully saturated rings. The molecule has 2 atom stereocenters.